The molecule has 0 radical (unpaired) electrons. The molecule has 0 fully saturated rings. The van der Waals surface area contributed by atoms with E-state index in [4.69, 9.17) is 0 Å². The van der Waals surface area contributed by atoms with Crippen LogP contribution in [0.4, 0.5) is 4.39 Å². The fourth-order valence-electron chi connectivity index (χ4n) is 1.33. The summed E-state index contributed by atoms with van der Waals surface area (Å²) in [5.74, 6) is 0.476. The molecular weight excluding hydrogens is 175 g/mol. The Morgan fingerprint density at radius 1 is 1.14 bits per heavy atom. The summed E-state index contributed by atoms with van der Waals surface area (Å²) >= 11 is 0. The Hall–Kier alpha value is -0.850. The van der Waals surface area contributed by atoms with Crippen molar-refractivity contribution < 1.29 is 4.39 Å². The molecule has 0 spiro atoms. The highest BCUT2D eigenvalue weighted by molar-refractivity contribution is 5.17. The van der Waals surface area contributed by atoms with Crippen LogP contribution in [0.2, 0.25) is 0 Å². The molecule has 78 valence electrons. The summed E-state index contributed by atoms with van der Waals surface area (Å²) in [4.78, 5) is 0. The van der Waals surface area contributed by atoms with Gasteiger partial charge in [0.25, 0.3) is 0 Å². The lowest BCUT2D eigenvalue weighted by molar-refractivity contribution is 0.248. The van der Waals surface area contributed by atoms with Crippen LogP contribution >= 0.6 is 0 Å². The van der Waals surface area contributed by atoms with Gasteiger partial charge in [0.05, 0.1) is 0 Å². The zero-order valence-corrected chi connectivity index (χ0v) is 9.47. The molecule has 0 aromatic heterocycles. The third-order valence-corrected chi connectivity index (χ3v) is 3.14. The van der Waals surface area contributed by atoms with Crippen LogP contribution in [0.1, 0.15) is 33.3 Å². The van der Waals surface area contributed by atoms with E-state index in [1.165, 1.54) is 17.7 Å². The number of rotatable bonds is 3. The van der Waals surface area contributed by atoms with E-state index in [0.29, 0.717) is 5.92 Å². The van der Waals surface area contributed by atoms with Crippen LogP contribution in [0.15, 0.2) is 24.3 Å². The van der Waals surface area contributed by atoms with Gasteiger partial charge in [-0.1, -0.05) is 39.8 Å². The van der Waals surface area contributed by atoms with Gasteiger partial charge in [-0.3, -0.25) is 0 Å². The number of hydrogen-bond acceptors (Lipinski definition) is 0. The van der Waals surface area contributed by atoms with Crippen LogP contribution in [-0.2, 0) is 6.42 Å². The summed E-state index contributed by atoms with van der Waals surface area (Å²) in [7, 11) is 0. The molecule has 0 amide bonds. The van der Waals surface area contributed by atoms with E-state index >= 15 is 0 Å². The van der Waals surface area contributed by atoms with Crippen LogP contribution in [0.3, 0.4) is 0 Å². The van der Waals surface area contributed by atoms with Gasteiger partial charge in [0.1, 0.15) is 5.82 Å². The second kappa shape index (κ2) is 4.12. The first-order valence-corrected chi connectivity index (χ1v) is 5.16. The Kier molecular flexibility index (Phi) is 3.30. The summed E-state index contributed by atoms with van der Waals surface area (Å²) in [6.45, 7) is 8.95. The molecule has 0 aliphatic heterocycles. The Morgan fingerprint density at radius 3 is 2.07 bits per heavy atom. The minimum absolute atomic E-state index is 0.156. The predicted molar refractivity (Wildman–Crippen MR) is 58.7 cm³/mol. The van der Waals surface area contributed by atoms with Crippen LogP contribution in [-0.4, -0.2) is 0 Å². The van der Waals surface area contributed by atoms with E-state index in [1.54, 1.807) is 0 Å². The lowest BCUT2D eigenvalue weighted by atomic mass is 9.76. The number of halogens is 1. The second-order valence-electron chi connectivity index (χ2n) is 4.95. The van der Waals surface area contributed by atoms with Crippen molar-refractivity contribution in [3.05, 3.63) is 35.6 Å². The molecule has 0 saturated heterocycles. The van der Waals surface area contributed by atoms with Crippen molar-refractivity contribution >= 4 is 0 Å². The highest BCUT2D eigenvalue weighted by Gasteiger charge is 2.22. The topological polar surface area (TPSA) is 0 Å². The van der Waals surface area contributed by atoms with E-state index in [-0.39, 0.29) is 11.2 Å². The molecular formula is C13H19F. The zero-order chi connectivity index (χ0) is 10.8. The van der Waals surface area contributed by atoms with Crippen LogP contribution in [0, 0.1) is 17.2 Å². The van der Waals surface area contributed by atoms with E-state index in [2.05, 4.69) is 27.7 Å². The monoisotopic (exact) mass is 194 g/mol. The van der Waals surface area contributed by atoms with Gasteiger partial charge in [-0.2, -0.15) is 0 Å². The summed E-state index contributed by atoms with van der Waals surface area (Å²) in [6, 6.07) is 6.82. The van der Waals surface area contributed by atoms with E-state index < -0.39 is 0 Å². The fourth-order valence-corrected chi connectivity index (χ4v) is 1.33. The summed E-state index contributed by atoms with van der Waals surface area (Å²) in [5, 5.41) is 0. The van der Waals surface area contributed by atoms with Gasteiger partial charge in [0.2, 0.25) is 0 Å². The van der Waals surface area contributed by atoms with Gasteiger partial charge in [-0.05, 0) is 35.4 Å². The molecule has 1 rings (SSSR count). The maximum Gasteiger partial charge on any atom is 0.123 e. The normalized spacial score (nSPS) is 12.1. The molecule has 0 nitrogen and oxygen atoms in total. The largest absolute Gasteiger partial charge is 0.207 e. The molecule has 0 aliphatic rings. The first kappa shape index (κ1) is 11.2. The molecule has 14 heavy (non-hydrogen) atoms. The van der Waals surface area contributed by atoms with Crippen molar-refractivity contribution in [2.24, 2.45) is 11.3 Å². The van der Waals surface area contributed by atoms with Gasteiger partial charge in [0.15, 0.2) is 0 Å². The molecule has 0 unspecified atom stereocenters. The van der Waals surface area contributed by atoms with E-state index in [9.17, 15) is 4.39 Å². The maximum absolute atomic E-state index is 12.7. The standard InChI is InChI=1S/C13H19F/c1-10(2)13(3,4)9-11-5-7-12(14)8-6-11/h5-8,10H,9H2,1-4H3. The highest BCUT2D eigenvalue weighted by Crippen LogP contribution is 2.30. The van der Waals surface area contributed by atoms with Gasteiger partial charge >= 0.3 is 0 Å². The quantitative estimate of drug-likeness (QED) is 0.681. The summed E-state index contributed by atoms with van der Waals surface area (Å²) in [6.07, 6.45) is 1.00. The zero-order valence-electron chi connectivity index (χ0n) is 9.47. The molecule has 0 aliphatic carbocycles. The second-order valence-corrected chi connectivity index (χ2v) is 4.95. The smallest absolute Gasteiger partial charge is 0.123 e. The Balaban J connectivity index is 2.74. The van der Waals surface area contributed by atoms with Crippen molar-refractivity contribution in [1.29, 1.82) is 0 Å². The molecule has 1 aromatic carbocycles. The van der Waals surface area contributed by atoms with Gasteiger partial charge in [-0.15, -0.1) is 0 Å². The van der Waals surface area contributed by atoms with Crippen LogP contribution in [0.25, 0.3) is 0 Å². The molecule has 1 aromatic rings. The average Bonchev–Trinajstić information content (AvgIpc) is 2.08. The highest BCUT2D eigenvalue weighted by atomic mass is 19.1. The van der Waals surface area contributed by atoms with Crippen LogP contribution < -0.4 is 0 Å². The Labute approximate surface area is 86.2 Å². The number of benzene rings is 1. The Morgan fingerprint density at radius 2 is 1.64 bits per heavy atom. The maximum atomic E-state index is 12.7. The number of hydrogen-bond donors (Lipinski definition) is 0. The minimum Gasteiger partial charge on any atom is -0.207 e. The average molecular weight is 194 g/mol. The van der Waals surface area contributed by atoms with Gasteiger partial charge < -0.3 is 0 Å². The van der Waals surface area contributed by atoms with Crippen molar-refractivity contribution in [3.8, 4) is 0 Å². The van der Waals surface area contributed by atoms with Crippen LogP contribution in [0.5, 0.6) is 0 Å². The summed E-state index contributed by atoms with van der Waals surface area (Å²) in [5.41, 5.74) is 1.49. The lowest BCUT2D eigenvalue weighted by Gasteiger charge is -2.29. The molecule has 0 atom stereocenters. The molecule has 0 saturated carbocycles. The lowest BCUT2D eigenvalue weighted by Crippen LogP contribution is -2.21. The van der Waals surface area contributed by atoms with Gasteiger partial charge in [0, 0.05) is 0 Å². The van der Waals surface area contributed by atoms with Crippen molar-refractivity contribution in [1.82, 2.24) is 0 Å². The first-order chi connectivity index (χ1) is 6.42. The summed E-state index contributed by atoms with van der Waals surface area (Å²) < 4.78 is 12.7. The third kappa shape index (κ3) is 2.83. The van der Waals surface area contributed by atoms with Crippen molar-refractivity contribution in [2.45, 2.75) is 34.1 Å². The van der Waals surface area contributed by atoms with E-state index in [0.717, 1.165) is 6.42 Å². The predicted octanol–water partition coefficient (Wildman–Crippen LogP) is 4.05. The third-order valence-electron chi connectivity index (χ3n) is 3.14. The molecule has 0 bridgehead atoms. The molecule has 0 heterocycles. The Bertz CT molecular complexity index is 283. The first-order valence-electron chi connectivity index (χ1n) is 5.16. The molecule has 0 N–H and O–H groups in total. The van der Waals surface area contributed by atoms with Gasteiger partial charge in [-0.25, -0.2) is 4.39 Å². The molecule has 1 heteroatoms. The minimum atomic E-state index is -0.156. The van der Waals surface area contributed by atoms with Crippen molar-refractivity contribution in [3.63, 3.8) is 0 Å². The SMILES string of the molecule is CC(C)C(C)(C)Cc1ccc(F)cc1. The fraction of sp³-hybridized carbons (Fsp3) is 0.538. The van der Waals surface area contributed by atoms with E-state index in [1.807, 2.05) is 12.1 Å². The van der Waals surface area contributed by atoms with Crippen molar-refractivity contribution in [2.75, 3.05) is 0 Å².